The van der Waals surface area contributed by atoms with Gasteiger partial charge < -0.3 is 30.2 Å². The van der Waals surface area contributed by atoms with Gasteiger partial charge in [0.2, 0.25) is 0 Å². The van der Waals surface area contributed by atoms with Crippen LogP contribution in [0.2, 0.25) is 0 Å². The summed E-state index contributed by atoms with van der Waals surface area (Å²) in [5, 5.41) is 20.0. The number of aliphatic carboxylic acids is 2. The number of hydrogen-bond donors (Lipinski definition) is 3. The summed E-state index contributed by atoms with van der Waals surface area (Å²) in [6.45, 7) is 6.47. The van der Waals surface area contributed by atoms with Crippen molar-refractivity contribution in [2.75, 3.05) is 26.6 Å². The van der Waals surface area contributed by atoms with Crippen molar-refractivity contribution in [3.8, 4) is 0 Å². The lowest BCUT2D eigenvalue weighted by molar-refractivity contribution is -0.138. The highest BCUT2D eigenvalue weighted by Crippen LogP contribution is 2.46. The van der Waals surface area contributed by atoms with Crippen LogP contribution in [0, 0.1) is 13.8 Å². The number of unbranched alkanes of at least 4 members (excludes halogenated alkanes) is 3. The zero-order valence-corrected chi connectivity index (χ0v) is 31.6. The number of rotatable bonds is 11. The molecule has 55 heavy (non-hydrogen) atoms. The molecule has 2 aliphatic heterocycles. The van der Waals surface area contributed by atoms with Crippen LogP contribution in [0.15, 0.2) is 61.2 Å². The molecule has 14 heteroatoms. The molecule has 4 aliphatic rings. The Hall–Kier alpha value is -5.92. The second kappa shape index (κ2) is 17.5. The van der Waals surface area contributed by atoms with Crippen molar-refractivity contribution in [1.29, 1.82) is 0 Å². The van der Waals surface area contributed by atoms with E-state index in [0.29, 0.717) is 60.7 Å². The van der Waals surface area contributed by atoms with Gasteiger partial charge in [-0.3, -0.25) is 19.2 Å². The summed E-state index contributed by atoms with van der Waals surface area (Å²) < 4.78 is 0. The molecule has 2 aliphatic carbocycles. The van der Waals surface area contributed by atoms with Gasteiger partial charge in [-0.25, -0.2) is 19.9 Å². The number of carboxylic acids is 2. The Balaban J connectivity index is 0.000000161. The molecule has 0 aromatic carbocycles. The first-order valence-corrected chi connectivity index (χ1v) is 19.1. The molecule has 0 unspecified atom stereocenters. The van der Waals surface area contributed by atoms with Crippen LogP contribution in [0.4, 0.5) is 34.6 Å². The number of aryl methyl sites for hydroxylation is 2. The highest BCUT2D eigenvalue weighted by Gasteiger charge is 2.41. The summed E-state index contributed by atoms with van der Waals surface area (Å²) in [7, 11) is 0. The van der Waals surface area contributed by atoms with Crippen molar-refractivity contribution < 1.29 is 29.4 Å². The molecular formula is C41H48N8O6. The lowest BCUT2D eigenvalue weighted by atomic mass is 10.1. The number of carboxylic acid groups (broad SMARTS) is 2. The first-order chi connectivity index (χ1) is 26.6. The third kappa shape index (κ3) is 9.07. The fourth-order valence-electron chi connectivity index (χ4n) is 6.72. The fraction of sp³-hybridized carbons (Fsp3) is 0.415. The van der Waals surface area contributed by atoms with Gasteiger partial charge in [-0.05, 0) is 106 Å². The molecule has 8 rings (SSSR count). The predicted molar refractivity (Wildman–Crippen MR) is 210 cm³/mol. The average molecular weight is 749 g/mol. The molecule has 2 fully saturated rings. The summed E-state index contributed by atoms with van der Waals surface area (Å²) in [6.07, 6.45) is 15.8. The van der Waals surface area contributed by atoms with Gasteiger partial charge in [0.1, 0.15) is 11.6 Å². The Morgan fingerprint density at radius 3 is 1.82 bits per heavy atom. The number of nitrogens with zero attached hydrogens (tertiary/aromatic N) is 7. The molecule has 0 atom stereocenters. The minimum Gasteiger partial charge on any atom is -0.481 e. The Kier molecular flexibility index (Phi) is 12.3. The van der Waals surface area contributed by atoms with Crippen LogP contribution in [-0.4, -0.2) is 72.5 Å². The van der Waals surface area contributed by atoms with Gasteiger partial charge in [-0.2, -0.15) is 0 Å². The van der Waals surface area contributed by atoms with Gasteiger partial charge >= 0.3 is 11.9 Å². The molecule has 0 radical (unpaired) electrons. The molecule has 0 spiro atoms. The molecule has 2 amide bonds. The molecule has 288 valence electrons. The van der Waals surface area contributed by atoms with E-state index in [1.807, 2.05) is 38.1 Å². The average Bonchev–Trinajstić information content (AvgIpc) is 4.09. The third-order valence-electron chi connectivity index (χ3n) is 9.80. The summed E-state index contributed by atoms with van der Waals surface area (Å²) in [5.74, 6) is 1.23. The lowest BCUT2D eigenvalue weighted by Crippen LogP contribution is -2.32. The first kappa shape index (κ1) is 38.8. The van der Waals surface area contributed by atoms with Crippen molar-refractivity contribution in [2.24, 2.45) is 0 Å². The maximum atomic E-state index is 13.4. The number of hydrogen-bond acceptors (Lipinski definition) is 10. The minimum atomic E-state index is -0.815. The fourth-order valence-corrected chi connectivity index (χ4v) is 6.72. The van der Waals surface area contributed by atoms with Gasteiger partial charge in [0.15, 0.2) is 11.6 Å². The summed E-state index contributed by atoms with van der Waals surface area (Å²) in [6, 6.07) is 11.7. The maximum Gasteiger partial charge on any atom is 0.303 e. The quantitative estimate of drug-likeness (QED) is 0.128. The number of amides is 2. The largest absolute Gasteiger partial charge is 0.481 e. The van der Waals surface area contributed by atoms with Crippen LogP contribution in [0.5, 0.6) is 0 Å². The number of aromatic nitrogens is 4. The molecule has 6 heterocycles. The highest BCUT2D eigenvalue weighted by molar-refractivity contribution is 6.14. The van der Waals surface area contributed by atoms with Crippen LogP contribution in [0.3, 0.4) is 0 Å². The van der Waals surface area contributed by atoms with Crippen LogP contribution in [-0.2, 0) is 9.59 Å². The predicted octanol–water partition coefficient (Wildman–Crippen LogP) is 7.60. The van der Waals surface area contributed by atoms with E-state index >= 15 is 0 Å². The molecule has 3 N–H and O–H groups in total. The van der Waals surface area contributed by atoms with E-state index in [9.17, 15) is 19.2 Å². The Morgan fingerprint density at radius 2 is 1.22 bits per heavy atom. The molecular weight excluding hydrogens is 701 g/mol. The van der Waals surface area contributed by atoms with E-state index in [1.54, 1.807) is 41.8 Å². The van der Waals surface area contributed by atoms with Gasteiger partial charge in [-0.15, -0.1) is 0 Å². The summed E-state index contributed by atoms with van der Waals surface area (Å²) in [5.41, 5.74) is 4.77. The molecule has 14 nitrogen and oxygen atoms in total. The number of pyridine rings is 4. The second-order valence-corrected chi connectivity index (χ2v) is 14.2. The Morgan fingerprint density at radius 1 is 0.691 bits per heavy atom. The van der Waals surface area contributed by atoms with Crippen molar-refractivity contribution in [3.63, 3.8) is 0 Å². The van der Waals surface area contributed by atoms with E-state index < -0.39 is 11.9 Å². The molecule has 4 aromatic rings. The minimum absolute atomic E-state index is 0.103. The number of carbonyl (C=O) groups excluding carboxylic acids is 2. The highest BCUT2D eigenvalue weighted by atomic mass is 16.4. The van der Waals surface area contributed by atoms with Gasteiger partial charge in [-0.1, -0.05) is 19.8 Å². The van der Waals surface area contributed by atoms with Crippen molar-refractivity contribution in [3.05, 3.63) is 83.4 Å². The van der Waals surface area contributed by atoms with Crippen LogP contribution >= 0.6 is 0 Å². The van der Waals surface area contributed by atoms with Crippen molar-refractivity contribution in [2.45, 2.75) is 103 Å². The van der Waals surface area contributed by atoms with Crippen LogP contribution < -0.4 is 20.0 Å². The lowest BCUT2D eigenvalue weighted by Gasteiger charge is -2.27. The molecule has 0 saturated heterocycles. The topological polar surface area (TPSA) is 182 Å². The standard InChI is InChI=1S/C20H22N4O3.C15H14N4O.C6H12O2/c1-13-9-11-22-19-17(13)23(12-3-2-6-16(25)26)20(27)15-5-4-10-21-18(15)24(19)14-7-8-14;1-9-6-8-17-14-12(9)18-15(20)11-3-2-7-16-13(11)19(14)10-4-5-10;1-2-3-4-5-6(7)8/h4-5,9-11,14H,2-3,6-8,12H2,1H3,(H,25,26);2-3,6-8,10H,4-5H2,1H3,(H,18,20);2-5H2,1H3,(H,7,8). The van der Waals surface area contributed by atoms with Gasteiger partial charge in [0.25, 0.3) is 11.8 Å². The van der Waals surface area contributed by atoms with E-state index in [2.05, 4.69) is 42.0 Å². The normalized spacial score (nSPS) is 15.4. The molecule has 0 bridgehead atoms. The van der Waals surface area contributed by atoms with E-state index in [-0.39, 0.29) is 18.2 Å². The Labute approximate surface area is 320 Å². The number of nitrogens with one attached hydrogen (secondary N) is 1. The van der Waals surface area contributed by atoms with E-state index in [4.69, 9.17) is 10.2 Å². The summed E-state index contributed by atoms with van der Waals surface area (Å²) >= 11 is 0. The number of carbonyl (C=O) groups is 4. The van der Waals surface area contributed by atoms with Gasteiger partial charge in [0.05, 0.1) is 22.5 Å². The van der Waals surface area contributed by atoms with E-state index in [1.165, 1.54) is 0 Å². The number of fused-ring (bicyclic) bond motifs is 4. The number of anilines is 6. The second-order valence-electron chi connectivity index (χ2n) is 14.2. The first-order valence-electron chi connectivity index (χ1n) is 19.1. The van der Waals surface area contributed by atoms with Crippen molar-refractivity contribution >= 4 is 58.4 Å². The zero-order valence-electron chi connectivity index (χ0n) is 31.6. The molecule has 2 saturated carbocycles. The van der Waals surface area contributed by atoms with Gasteiger partial charge in [0, 0.05) is 56.3 Å². The SMILES string of the molecule is CCCCCC(=O)O.Cc1ccnc2c1N(CCCCC(=O)O)C(=O)c1cccnc1N2C1CC1.Cc1ccnc2c1NC(=O)c1cccnc1N2C1CC1. The van der Waals surface area contributed by atoms with Crippen LogP contribution in [0.25, 0.3) is 0 Å². The molecule has 4 aromatic heterocycles. The zero-order chi connectivity index (χ0) is 39.1. The smallest absolute Gasteiger partial charge is 0.303 e. The Bertz CT molecular complexity index is 2050. The van der Waals surface area contributed by atoms with E-state index in [0.717, 1.165) is 79.1 Å². The third-order valence-corrected chi connectivity index (χ3v) is 9.80. The van der Waals surface area contributed by atoms with Crippen LogP contribution in [0.1, 0.15) is 109 Å². The van der Waals surface area contributed by atoms with Crippen molar-refractivity contribution in [1.82, 2.24) is 19.9 Å². The monoisotopic (exact) mass is 748 g/mol. The summed E-state index contributed by atoms with van der Waals surface area (Å²) in [4.78, 5) is 70.5. The maximum absolute atomic E-state index is 13.4.